The van der Waals surface area contributed by atoms with Crippen molar-refractivity contribution >= 4 is 44.6 Å². The third-order valence-corrected chi connectivity index (χ3v) is 8.14. The predicted octanol–water partition coefficient (Wildman–Crippen LogP) is 5.31. The minimum absolute atomic E-state index is 0.0203. The van der Waals surface area contributed by atoms with Gasteiger partial charge < -0.3 is 10.2 Å². The molecule has 0 aliphatic carbocycles. The number of fused-ring (bicyclic) bond motifs is 2. The van der Waals surface area contributed by atoms with Gasteiger partial charge in [-0.15, -0.1) is 22.7 Å². The van der Waals surface area contributed by atoms with E-state index in [4.69, 9.17) is 4.98 Å². The maximum absolute atomic E-state index is 12.8. The lowest BCUT2D eigenvalue weighted by Gasteiger charge is -2.13. The van der Waals surface area contributed by atoms with Gasteiger partial charge in [-0.05, 0) is 49.1 Å². The van der Waals surface area contributed by atoms with Crippen LogP contribution in [0, 0.1) is 5.92 Å². The van der Waals surface area contributed by atoms with Crippen LogP contribution in [-0.2, 0) is 24.2 Å². The number of carbonyl (C=O) groups excluding carboxylic acids is 2. The fourth-order valence-electron chi connectivity index (χ4n) is 4.16. The Morgan fingerprint density at radius 3 is 2.78 bits per heavy atom. The minimum Gasteiger partial charge on any atom is -0.345 e. The largest absolute Gasteiger partial charge is 0.345 e. The molecule has 7 heteroatoms. The van der Waals surface area contributed by atoms with E-state index in [1.807, 2.05) is 18.2 Å². The second-order valence-electron chi connectivity index (χ2n) is 9.13. The number of ketones is 1. The molecule has 0 saturated heterocycles. The minimum atomic E-state index is -0.0203. The molecule has 2 aromatic heterocycles. The molecule has 0 atom stereocenters. The van der Waals surface area contributed by atoms with Gasteiger partial charge in [0.05, 0.1) is 10.2 Å². The summed E-state index contributed by atoms with van der Waals surface area (Å²) >= 11 is 3.43. The molecular formula is C25H31N3O2S2. The van der Waals surface area contributed by atoms with Gasteiger partial charge >= 0.3 is 0 Å². The lowest BCUT2D eigenvalue weighted by molar-refractivity contribution is -0.118. The Bertz CT molecular complexity index is 1140. The van der Waals surface area contributed by atoms with Crippen molar-refractivity contribution in [3.05, 3.63) is 39.1 Å². The van der Waals surface area contributed by atoms with Gasteiger partial charge in [-0.25, -0.2) is 4.98 Å². The lowest BCUT2D eigenvalue weighted by Crippen LogP contribution is -2.22. The molecule has 4 rings (SSSR count). The topological polar surface area (TPSA) is 62.3 Å². The molecule has 0 radical (unpaired) electrons. The van der Waals surface area contributed by atoms with Gasteiger partial charge in [-0.1, -0.05) is 20.3 Å². The summed E-state index contributed by atoms with van der Waals surface area (Å²) in [5.74, 6) is 0.928. The fourth-order valence-corrected chi connectivity index (χ4v) is 6.63. The monoisotopic (exact) mass is 469 g/mol. The third kappa shape index (κ3) is 4.95. The summed E-state index contributed by atoms with van der Waals surface area (Å²) in [4.78, 5) is 34.2. The highest BCUT2D eigenvalue weighted by Crippen LogP contribution is 2.42. The van der Waals surface area contributed by atoms with Crippen LogP contribution < -0.4 is 5.32 Å². The van der Waals surface area contributed by atoms with E-state index in [2.05, 4.69) is 19.2 Å². The van der Waals surface area contributed by atoms with Crippen LogP contribution in [0.15, 0.2) is 18.2 Å². The standard InChI is InChI=1S/C25H31N3O2S2/c1-15(2)6-5-7-17(29)13-21-23(18-10-11-26-14-22(18)31-21)24-27-19-12-16(25(30)28(3)4)8-9-20(19)32-24/h8-9,12,15,26H,5-7,10-11,13-14H2,1-4H3. The van der Waals surface area contributed by atoms with Crippen LogP contribution in [0.3, 0.4) is 0 Å². The molecule has 0 saturated carbocycles. The Morgan fingerprint density at radius 1 is 1.22 bits per heavy atom. The summed E-state index contributed by atoms with van der Waals surface area (Å²) in [6.45, 7) is 6.22. The maximum Gasteiger partial charge on any atom is 0.253 e. The van der Waals surface area contributed by atoms with Gasteiger partial charge in [0.25, 0.3) is 5.91 Å². The van der Waals surface area contributed by atoms with Gasteiger partial charge in [-0.3, -0.25) is 9.59 Å². The zero-order valence-corrected chi connectivity index (χ0v) is 20.9. The molecule has 0 fully saturated rings. The zero-order valence-electron chi connectivity index (χ0n) is 19.3. The number of rotatable bonds is 8. The summed E-state index contributed by atoms with van der Waals surface area (Å²) in [5, 5.41) is 4.43. The number of hydrogen-bond donors (Lipinski definition) is 1. The van der Waals surface area contributed by atoms with E-state index in [-0.39, 0.29) is 5.91 Å². The first-order chi connectivity index (χ1) is 15.3. The first kappa shape index (κ1) is 23.1. The molecule has 1 aliphatic heterocycles. The van der Waals surface area contributed by atoms with E-state index >= 15 is 0 Å². The summed E-state index contributed by atoms with van der Waals surface area (Å²) in [6.07, 6.45) is 4.15. The molecule has 3 heterocycles. The molecule has 1 amide bonds. The molecule has 0 spiro atoms. The molecule has 32 heavy (non-hydrogen) atoms. The summed E-state index contributed by atoms with van der Waals surface area (Å²) in [5.41, 5.74) is 4.02. The van der Waals surface area contributed by atoms with Crippen LogP contribution in [-0.4, -0.2) is 42.2 Å². The van der Waals surface area contributed by atoms with Crippen molar-refractivity contribution < 1.29 is 9.59 Å². The van der Waals surface area contributed by atoms with Gasteiger partial charge in [0.2, 0.25) is 0 Å². The van der Waals surface area contributed by atoms with Gasteiger partial charge in [-0.2, -0.15) is 0 Å². The van der Waals surface area contributed by atoms with Crippen molar-refractivity contribution in [1.29, 1.82) is 0 Å². The number of benzene rings is 1. The maximum atomic E-state index is 12.8. The highest BCUT2D eigenvalue weighted by molar-refractivity contribution is 7.22. The number of thiazole rings is 1. The summed E-state index contributed by atoms with van der Waals surface area (Å²) in [6, 6.07) is 5.75. The number of hydrogen-bond acceptors (Lipinski definition) is 6. The van der Waals surface area contributed by atoms with E-state index in [0.29, 0.717) is 30.1 Å². The SMILES string of the molecule is CC(C)CCCC(=O)Cc1sc2c(c1-c1nc3cc(C(=O)N(C)C)ccc3s1)CCNC2. The van der Waals surface area contributed by atoms with E-state index < -0.39 is 0 Å². The molecule has 1 N–H and O–H groups in total. The number of thiophene rings is 1. The number of nitrogens with zero attached hydrogens (tertiary/aromatic N) is 2. The highest BCUT2D eigenvalue weighted by Gasteiger charge is 2.25. The van der Waals surface area contributed by atoms with E-state index in [1.54, 1.807) is 41.7 Å². The third-order valence-electron chi connectivity index (χ3n) is 5.85. The van der Waals surface area contributed by atoms with Gasteiger partial charge in [0.1, 0.15) is 10.8 Å². The van der Waals surface area contributed by atoms with Crippen molar-refractivity contribution in [2.24, 2.45) is 5.92 Å². The normalized spacial score (nSPS) is 13.5. The lowest BCUT2D eigenvalue weighted by atomic mass is 9.99. The van der Waals surface area contributed by atoms with Crippen molar-refractivity contribution in [2.45, 2.75) is 52.5 Å². The molecule has 1 aliphatic rings. The molecule has 5 nitrogen and oxygen atoms in total. The van der Waals surface area contributed by atoms with Crippen molar-refractivity contribution in [3.63, 3.8) is 0 Å². The van der Waals surface area contributed by atoms with Crippen LogP contribution in [0.2, 0.25) is 0 Å². The Labute approximate surface area is 197 Å². The average Bonchev–Trinajstić information content (AvgIpc) is 3.32. The first-order valence-electron chi connectivity index (χ1n) is 11.3. The Hall–Kier alpha value is -2.09. The summed E-state index contributed by atoms with van der Waals surface area (Å²) < 4.78 is 1.07. The Balaban J connectivity index is 1.67. The van der Waals surface area contributed by atoms with Crippen molar-refractivity contribution in [2.75, 3.05) is 20.6 Å². The highest BCUT2D eigenvalue weighted by atomic mass is 32.1. The smallest absolute Gasteiger partial charge is 0.253 e. The second-order valence-corrected chi connectivity index (χ2v) is 11.4. The van der Waals surface area contributed by atoms with Crippen LogP contribution in [0.4, 0.5) is 0 Å². The van der Waals surface area contributed by atoms with Crippen LogP contribution in [0.25, 0.3) is 20.8 Å². The molecule has 3 aromatic rings. The Kier molecular flexibility index (Phi) is 7.08. The number of amides is 1. The Morgan fingerprint density at radius 2 is 2.03 bits per heavy atom. The predicted molar refractivity (Wildman–Crippen MR) is 134 cm³/mol. The van der Waals surface area contributed by atoms with E-state index in [0.717, 1.165) is 52.5 Å². The fraction of sp³-hybridized carbons (Fsp3) is 0.480. The molecular weight excluding hydrogens is 438 g/mol. The zero-order chi connectivity index (χ0) is 22.8. The van der Waals surface area contributed by atoms with Crippen molar-refractivity contribution in [3.8, 4) is 10.6 Å². The molecule has 0 unspecified atom stereocenters. The van der Waals surface area contributed by atoms with Crippen LogP contribution in [0.5, 0.6) is 0 Å². The van der Waals surface area contributed by atoms with E-state index in [9.17, 15) is 9.59 Å². The molecule has 170 valence electrons. The van der Waals surface area contributed by atoms with Crippen molar-refractivity contribution in [1.82, 2.24) is 15.2 Å². The number of nitrogens with one attached hydrogen (secondary N) is 1. The molecule has 1 aromatic carbocycles. The summed E-state index contributed by atoms with van der Waals surface area (Å²) in [7, 11) is 3.52. The van der Waals surface area contributed by atoms with Gasteiger partial charge in [0, 0.05) is 54.4 Å². The number of aromatic nitrogens is 1. The molecule has 0 bridgehead atoms. The number of Topliss-reactive ketones (excluding diaryl/α,β-unsaturated/α-hetero) is 1. The number of carbonyl (C=O) groups is 2. The quantitative estimate of drug-likeness (QED) is 0.486. The van der Waals surface area contributed by atoms with Gasteiger partial charge in [0.15, 0.2) is 0 Å². The average molecular weight is 470 g/mol. The first-order valence-corrected chi connectivity index (χ1v) is 12.9. The second kappa shape index (κ2) is 9.81. The van der Waals surface area contributed by atoms with E-state index in [1.165, 1.54) is 16.0 Å². The van der Waals surface area contributed by atoms with Crippen LogP contribution >= 0.6 is 22.7 Å². The van der Waals surface area contributed by atoms with Crippen LogP contribution in [0.1, 0.15) is 58.8 Å².